The first kappa shape index (κ1) is 21.0. The molecular weight excluding hydrogens is 437 g/mol. The molecule has 1 aliphatic rings. The normalized spacial score (nSPS) is 17.1. The van der Waals surface area contributed by atoms with Crippen LogP contribution in [-0.2, 0) is 4.79 Å². The van der Waals surface area contributed by atoms with E-state index in [0.717, 1.165) is 6.42 Å². The number of aliphatic imine (C=N–C) groups is 1. The number of piperidine rings is 1. The van der Waals surface area contributed by atoms with Crippen molar-refractivity contribution in [3.63, 3.8) is 0 Å². The highest BCUT2D eigenvalue weighted by atomic mass is 127. The molecule has 2 rings (SSSR count). The summed E-state index contributed by atoms with van der Waals surface area (Å²) in [5.74, 6) is 0.639. The zero-order valence-electron chi connectivity index (χ0n) is 14.0. The molecule has 0 aliphatic carbocycles. The Kier molecular flexibility index (Phi) is 9.03. The molecule has 2 amide bonds. The van der Waals surface area contributed by atoms with Crippen molar-refractivity contribution in [1.82, 2.24) is 21.3 Å². The molecule has 0 bridgehead atoms. The maximum absolute atomic E-state index is 11.9. The predicted octanol–water partition coefficient (Wildman–Crippen LogP) is 0.184. The first-order valence-electron chi connectivity index (χ1n) is 7.89. The number of rotatable bonds is 5. The topological polar surface area (TPSA) is 115 Å². The van der Waals surface area contributed by atoms with Gasteiger partial charge in [-0.15, -0.1) is 24.0 Å². The van der Waals surface area contributed by atoms with Gasteiger partial charge in [-0.05, 0) is 30.7 Å². The maximum atomic E-state index is 11.9. The SMILES string of the molecule is CN=C(NCCNC(=O)c1ccc(O)cc1)NC1CCC(=O)NC1.I. The molecule has 0 spiro atoms. The monoisotopic (exact) mass is 461 g/mol. The second-order valence-corrected chi connectivity index (χ2v) is 5.49. The van der Waals surface area contributed by atoms with E-state index in [1.54, 1.807) is 19.2 Å². The Bertz CT molecular complexity index is 596. The maximum Gasteiger partial charge on any atom is 0.251 e. The van der Waals surface area contributed by atoms with E-state index in [9.17, 15) is 14.7 Å². The molecule has 25 heavy (non-hydrogen) atoms. The Hall–Kier alpha value is -2.04. The number of benzene rings is 1. The fraction of sp³-hybridized carbons (Fsp3) is 0.438. The van der Waals surface area contributed by atoms with Crippen molar-refractivity contribution in [1.29, 1.82) is 0 Å². The Morgan fingerprint density at radius 3 is 2.56 bits per heavy atom. The minimum Gasteiger partial charge on any atom is -0.508 e. The van der Waals surface area contributed by atoms with Crippen molar-refractivity contribution >= 4 is 41.8 Å². The van der Waals surface area contributed by atoms with Gasteiger partial charge in [0.2, 0.25) is 5.91 Å². The molecule has 5 N–H and O–H groups in total. The van der Waals surface area contributed by atoms with Crippen LogP contribution in [0.2, 0.25) is 0 Å². The van der Waals surface area contributed by atoms with Crippen LogP contribution in [0.5, 0.6) is 5.75 Å². The van der Waals surface area contributed by atoms with Crippen LogP contribution < -0.4 is 21.3 Å². The lowest BCUT2D eigenvalue weighted by Gasteiger charge is -2.25. The van der Waals surface area contributed by atoms with Crippen LogP contribution in [0, 0.1) is 0 Å². The molecule has 1 aliphatic heterocycles. The molecule has 138 valence electrons. The lowest BCUT2D eigenvalue weighted by Crippen LogP contribution is -2.52. The number of guanidine groups is 1. The summed E-state index contributed by atoms with van der Waals surface area (Å²) in [6, 6.07) is 6.23. The number of nitrogens with zero attached hydrogens (tertiary/aromatic N) is 1. The number of carbonyl (C=O) groups is 2. The van der Waals surface area contributed by atoms with Crippen LogP contribution in [-0.4, -0.2) is 55.6 Å². The summed E-state index contributed by atoms with van der Waals surface area (Å²) in [5, 5.41) is 21.1. The van der Waals surface area contributed by atoms with Gasteiger partial charge in [-0.2, -0.15) is 0 Å². The fourth-order valence-electron chi connectivity index (χ4n) is 2.32. The largest absolute Gasteiger partial charge is 0.508 e. The molecule has 8 nitrogen and oxygen atoms in total. The molecule has 1 unspecified atom stereocenters. The van der Waals surface area contributed by atoms with Crippen molar-refractivity contribution in [3.05, 3.63) is 29.8 Å². The third kappa shape index (κ3) is 7.16. The third-order valence-corrected chi connectivity index (χ3v) is 3.66. The number of halogens is 1. The number of hydrogen-bond acceptors (Lipinski definition) is 4. The minimum atomic E-state index is -0.199. The van der Waals surface area contributed by atoms with Gasteiger partial charge in [-0.3, -0.25) is 14.6 Å². The molecule has 1 fully saturated rings. The average molecular weight is 461 g/mol. The number of nitrogens with one attached hydrogen (secondary N) is 4. The summed E-state index contributed by atoms with van der Waals surface area (Å²) in [6.07, 6.45) is 1.28. The zero-order chi connectivity index (χ0) is 17.4. The zero-order valence-corrected chi connectivity index (χ0v) is 16.4. The first-order valence-corrected chi connectivity index (χ1v) is 7.89. The number of phenols is 1. The Morgan fingerprint density at radius 2 is 1.96 bits per heavy atom. The van der Waals surface area contributed by atoms with E-state index in [1.807, 2.05) is 0 Å². The van der Waals surface area contributed by atoms with Crippen LogP contribution in [0.3, 0.4) is 0 Å². The molecule has 1 heterocycles. The summed E-state index contributed by atoms with van der Waals surface area (Å²) in [6.45, 7) is 1.53. The van der Waals surface area contributed by atoms with E-state index in [1.165, 1.54) is 12.1 Å². The molecule has 1 aromatic rings. The van der Waals surface area contributed by atoms with E-state index in [4.69, 9.17) is 0 Å². The predicted molar refractivity (Wildman–Crippen MR) is 106 cm³/mol. The average Bonchev–Trinajstić information content (AvgIpc) is 2.59. The summed E-state index contributed by atoms with van der Waals surface area (Å²) >= 11 is 0. The molecular formula is C16H24IN5O3. The molecule has 0 saturated carbocycles. The smallest absolute Gasteiger partial charge is 0.251 e. The quantitative estimate of drug-likeness (QED) is 0.186. The summed E-state index contributed by atoms with van der Waals surface area (Å²) < 4.78 is 0. The number of carbonyl (C=O) groups excluding carboxylic acids is 2. The van der Waals surface area contributed by atoms with Gasteiger partial charge in [0.15, 0.2) is 5.96 Å². The van der Waals surface area contributed by atoms with Crippen molar-refractivity contribution in [3.8, 4) is 5.75 Å². The lowest BCUT2D eigenvalue weighted by molar-refractivity contribution is -0.122. The van der Waals surface area contributed by atoms with Crippen LogP contribution in [0.25, 0.3) is 0 Å². The van der Waals surface area contributed by atoms with Crippen molar-refractivity contribution in [2.24, 2.45) is 4.99 Å². The first-order chi connectivity index (χ1) is 11.6. The Labute approximate surface area is 163 Å². The number of hydrogen-bond donors (Lipinski definition) is 5. The van der Waals surface area contributed by atoms with Crippen LogP contribution in [0.4, 0.5) is 0 Å². The number of amides is 2. The van der Waals surface area contributed by atoms with Crippen LogP contribution in [0.15, 0.2) is 29.3 Å². The van der Waals surface area contributed by atoms with Gasteiger partial charge >= 0.3 is 0 Å². The Balaban J connectivity index is 0.00000312. The summed E-state index contributed by atoms with van der Waals surface area (Å²) in [5.41, 5.74) is 0.494. The molecule has 9 heteroatoms. The Morgan fingerprint density at radius 1 is 1.28 bits per heavy atom. The van der Waals surface area contributed by atoms with E-state index >= 15 is 0 Å². The molecule has 0 aromatic heterocycles. The van der Waals surface area contributed by atoms with Crippen LogP contribution in [0.1, 0.15) is 23.2 Å². The van der Waals surface area contributed by atoms with Crippen molar-refractivity contribution < 1.29 is 14.7 Å². The standard InChI is InChI=1S/C16H23N5O3.HI/c1-17-16(21-12-4-7-14(23)20-10-12)19-9-8-18-15(24)11-2-5-13(22)6-3-11;/h2-3,5-6,12,22H,4,7-10H2,1H3,(H,18,24)(H,20,23)(H2,17,19,21);1H. The second kappa shape index (κ2) is 10.7. The molecule has 0 radical (unpaired) electrons. The van der Waals surface area contributed by atoms with Gasteiger partial charge < -0.3 is 26.4 Å². The summed E-state index contributed by atoms with van der Waals surface area (Å²) in [7, 11) is 1.67. The molecule has 1 atom stereocenters. The van der Waals surface area contributed by atoms with Gasteiger partial charge in [0.05, 0.1) is 0 Å². The minimum absolute atomic E-state index is 0. The highest BCUT2D eigenvalue weighted by molar-refractivity contribution is 14.0. The van der Waals surface area contributed by atoms with Gasteiger partial charge in [0, 0.05) is 44.7 Å². The van der Waals surface area contributed by atoms with Gasteiger partial charge in [0.1, 0.15) is 5.75 Å². The van der Waals surface area contributed by atoms with E-state index in [0.29, 0.717) is 37.6 Å². The van der Waals surface area contributed by atoms with Gasteiger partial charge in [-0.1, -0.05) is 0 Å². The molecule has 1 aromatic carbocycles. The number of phenolic OH excluding ortho intramolecular Hbond substituents is 1. The molecule has 1 saturated heterocycles. The van der Waals surface area contributed by atoms with Gasteiger partial charge in [0.25, 0.3) is 5.91 Å². The fourth-order valence-corrected chi connectivity index (χ4v) is 2.32. The highest BCUT2D eigenvalue weighted by Gasteiger charge is 2.18. The van der Waals surface area contributed by atoms with Crippen molar-refractivity contribution in [2.75, 3.05) is 26.7 Å². The van der Waals surface area contributed by atoms with E-state index in [2.05, 4.69) is 26.3 Å². The second-order valence-electron chi connectivity index (χ2n) is 5.49. The summed E-state index contributed by atoms with van der Waals surface area (Å²) in [4.78, 5) is 27.2. The third-order valence-electron chi connectivity index (χ3n) is 3.66. The lowest BCUT2D eigenvalue weighted by atomic mass is 10.1. The highest BCUT2D eigenvalue weighted by Crippen LogP contribution is 2.09. The van der Waals surface area contributed by atoms with Crippen molar-refractivity contribution in [2.45, 2.75) is 18.9 Å². The van der Waals surface area contributed by atoms with Crippen LogP contribution >= 0.6 is 24.0 Å². The van der Waals surface area contributed by atoms with E-state index < -0.39 is 0 Å². The number of aromatic hydroxyl groups is 1. The van der Waals surface area contributed by atoms with E-state index in [-0.39, 0.29) is 47.6 Å². The van der Waals surface area contributed by atoms with Gasteiger partial charge in [-0.25, -0.2) is 0 Å².